The molecule has 5 heteroatoms. The van der Waals surface area contributed by atoms with Crippen LogP contribution in [0.4, 0.5) is 13.2 Å². The summed E-state index contributed by atoms with van der Waals surface area (Å²) >= 11 is 0. The van der Waals surface area contributed by atoms with Gasteiger partial charge < -0.3 is 5.32 Å². The van der Waals surface area contributed by atoms with E-state index in [1.807, 2.05) is 20.8 Å². The third kappa shape index (κ3) is 3.24. The zero-order valence-corrected chi connectivity index (χ0v) is 10.6. The summed E-state index contributed by atoms with van der Waals surface area (Å²) in [5.41, 5.74) is -0.217. The molecular weight excluding hydrogens is 243 g/mol. The van der Waals surface area contributed by atoms with E-state index in [2.05, 4.69) is 5.32 Å². The number of amides is 1. The smallest absolute Gasteiger partial charge is 0.251 e. The largest absolute Gasteiger partial charge is 0.349 e. The second kappa shape index (κ2) is 5.89. The lowest BCUT2D eigenvalue weighted by molar-refractivity contribution is 0.0923. The molecule has 1 aromatic rings. The maximum atomic E-state index is 13.0. The Kier molecular flexibility index (Phi) is 4.76. The van der Waals surface area contributed by atoms with Crippen LogP contribution < -0.4 is 5.32 Å². The first-order chi connectivity index (χ1) is 8.36. The summed E-state index contributed by atoms with van der Waals surface area (Å²) in [7, 11) is 0. The predicted octanol–water partition coefficient (Wildman–Crippen LogP) is 3.27. The Morgan fingerprint density at radius 1 is 1.22 bits per heavy atom. The first-order valence-electron chi connectivity index (χ1n) is 5.82. The van der Waals surface area contributed by atoms with Crippen LogP contribution in [0.3, 0.4) is 0 Å². The van der Waals surface area contributed by atoms with Crippen LogP contribution in [0.2, 0.25) is 0 Å². The minimum atomic E-state index is -1.57. The van der Waals surface area contributed by atoms with Crippen molar-refractivity contribution in [2.24, 2.45) is 5.92 Å². The van der Waals surface area contributed by atoms with Gasteiger partial charge in [0, 0.05) is 11.6 Å². The van der Waals surface area contributed by atoms with E-state index in [1.54, 1.807) is 0 Å². The van der Waals surface area contributed by atoms with E-state index in [0.717, 1.165) is 0 Å². The van der Waals surface area contributed by atoms with E-state index >= 15 is 0 Å². The SMILES string of the molecule is CCC(NC(=O)c1cc(F)c(F)c(F)c1)C(C)C. The quantitative estimate of drug-likeness (QED) is 0.826. The summed E-state index contributed by atoms with van der Waals surface area (Å²) in [6.07, 6.45) is 0.704. The third-order valence-electron chi connectivity index (χ3n) is 2.81. The summed E-state index contributed by atoms with van der Waals surface area (Å²) < 4.78 is 38.7. The van der Waals surface area contributed by atoms with Crippen LogP contribution in [0.15, 0.2) is 12.1 Å². The van der Waals surface area contributed by atoms with Crippen molar-refractivity contribution >= 4 is 5.91 Å². The zero-order chi connectivity index (χ0) is 13.9. The van der Waals surface area contributed by atoms with Crippen LogP contribution >= 0.6 is 0 Å². The minimum Gasteiger partial charge on any atom is -0.349 e. The van der Waals surface area contributed by atoms with Gasteiger partial charge in [0.25, 0.3) is 5.91 Å². The summed E-state index contributed by atoms with van der Waals surface area (Å²) in [4.78, 5) is 11.8. The lowest BCUT2D eigenvalue weighted by Gasteiger charge is -2.20. The number of carbonyl (C=O) groups is 1. The highest BCUT2D eigenvalue weighted by atomic mass is 19.2. The highest BCUT2D eigenvalue weighted by molar-refractivity contribution is 5.94. The topological polar surface area (TPSA) is 29.1 Å². The molecule has 0 saturated heterocycles. The van der Waals surface area contributed by atoms with Gasteiger partial charge in [-0.25, -0.2) is 13.2 Å². The van der Waals surface area contributed by atoms with Crippen LogP contribution in [0, 0.1) is 23.4 Å². The Balaban J connectivity index is 2.91. The maximum Gasteiger partial charge on any atom is 0.251 e. The van der Waals surface area contributed by atoms with Gasteiger partial charge >= 0.3 is 0 Å². The predicted molar refractivity (Wildman–Crippen MR) is 62.7 cm³/mol. The van der Waals surface area contributed by atoms with Crippen molar-refractivity contribution in [2.45, 2.75) is 33.2 Å². The first kappa shape index (κ1) is 14.5. The zero-order valence-electron chi connectivity index (χ0n) is 10.6. The molecule has 1 unspecified atom stereocenters. The van der Waals surface area contributed by atoms with Crippen LogP contribution in [0.25, 0.3) is 0 Å². The van der Waals surface area contributed by atoms with E-state index in [-0.39, 0.29) is 17.5 Å². The molecule has 0 fully saturated rings. The Bertz CT molecular complexity index is 423. The van der Waals surface area contributed by atoms with Crippen molar-refractivity contribution in [2.75, 3.05) is 0 Å². The van der Waals surface area contributed by atoms with E-state index in [9.17, 15) is 18.0 Å². The van der Waals surface area contributed by atoms with Gasteiger partial charge in [-0.3, -0.25) is 4.79 Å². The van der Waals surface area contributed by atoms with Gasteiger partial charge in [-0.15, -0.1) is 0 Å². The third-order valence-corrected chi connectivity index (χ3v) is 2.81. The Morgan fingerprint density at radius 2 is 1.72 bits per heavy atom. The molecule has 1 N–H and O–H groups in total. The number of halogens is 3. The second-order valence-electron chi connectivity index (χ2n) is 4.49. The molecule has 0 radical (unpaired) electrons. The fourth-order valence-electron chi connectivity index (χ4n) is 1.68. The van der Waals surface area contributed by atoms with Crippen LogP contribution in [0.5, 0.6) is 0 Å². The molecule has 18 heavy (non-hydrogen) atoms. The van der Waals surface area contributed by atoms with E-state index in [4.69, 9.17) is 0 Å². The molecule has 0 heterocycles. The molecule has 0 spiro atoms. The molecule has 1 rings (SSSR count). The number of carbonyl (C=O) groups excluding carboxylic acids is 1. The van der Waals surface area contributed by atoms with E-state index in [1.165, 1.54) is 0 Å². The van der Waals surface area contributed by atoms with Crippen molar-refractivity contribution in [3.05, 3.63) is 35.1 Å². The Labute approximate surface area is 104 Å². The average Bonchev–Trinajstić information content (AvgIpc) is 2.31. The van der Waals surface area contributed by atoms with Crippen molar-refractivity contribution in [3.8, 4) is 0 Å². The van der Waals surface area contributed by atoms with Crippen molar-refractivity contribution in [1.82, 2.24) is 5.32 Å². The number of hydrogen-bond acceptors (Lipinski definition) is 1. The van der Waals surface area contributed by atoms with E-state index in [0.29, 0.717) is 18.6 Å². The van der Waals surface area contributed by atoms with Crippen LogP contribution in [-0.2, 0) is 0 Å². The molecule has 0 aliphatic heterocycles. The minimum absolute atomic E-state index is 0.0892. The second-order valence-corrected chi connectivity index (χ2v) is 4.49. The molecule has 0 aromatic heterocycles. The summed E-state index contributed by atoms with van der Waals surface area (Å²) in [6, 6.07) is 1.30. The summed E-state index contributed by atoms with van der Waals surface area (Å²) in [5, 5.41) is 2.66. The molecule has 0 bridgehead atoms. The summed E-state index contributed by atoms with van der Waals surface area (Å²) in [5.74, 6) is -4.69. The molecule has 0 saturated carbocycles. The monoisotopic (exact) mass is 259 g/mol. The van der Waals surface area contributed by atoms with Gasteiger partial charge in [0.05, 0.1) is 0 Å². The lowest BCUT2D eigenvalue weighted by atomic mass is 10.0. The van der Waals surface area contributed by atoms with Crippen molar-refractivity contribution in [3.63, 3.8) is 0 Å². The standard InChI is InChI=1S/C13H16F3NO/c1-4-11(7(2)3)17-13(18)8-5-9(14)12(16)10(15)6-8/h5-7,11H,4H2,1-3H3,(H,17,18). The molecular formula is C13H16F3NO. The highest BCUT2D eigenvalue weighted by Crippen LogP contribution is 2.14. The van der Waals surface area contributed by atoms with Gasteiger partial charge in [0.15, 0.2) is 17.5 Å². The lowest BCUT2D eigenvalue weighted by Crippen LogP contribution is -2.38. The molecule has 2 nitrogen and oxygen atoms in total. The molecule has 1 aromatic carbocycles. The number of rotatable bonds is 4. The van der Waals surface area contributed by atoms with Crippen LogP contribution in [-0.4, -0.2) is 11.9 Å². The first-order valence-corrected chi connectivity index (χ1v) is 5.82. The molecule has 0 aliphatic rings. The molecule has 100 valence electrons. The number of benzene rings is 1. The number of hydrogen-bond donors (Lipinski definition) is 1. The Hall–Kier alpha value is -1.52. The molecule has 1 amide bonds. The van der Waals surface area contributed by atoms with Gasteiger partial charge in [0.1, 0.15) is 0 Å². The van der Waals surface area contributed by atoms with Crippen molar-refractivity contribution in [1.29, 1.82) is 0 Å². The van der Waals surface area contributed by atoms with Crippen LogP contribution in [0.1, 0.15) is 37.6 Å². The van der Waals surface area contributed by atoms with E-state index < -0.39 is 23.4 Å². The van der Waals surface area contributed by atoms with Gasteiger partial charge in [-0.1, -0.05) is 20.8 Å². The fraction of sp³-hybridized carbons (Fsp3) is 0.462. The van der Waals surface area contributed by atoms with Gasteiger partial charge in [-0.2, -0.15) is 0 Å². The normalized spacial score (nSPS) is 12.6. The molecule has 1 atom stereocenters. The van der Waals surface area contributed by atoms with Gasteiger partial charge in [0.2, 0.25) is 0 Å². The highest BCUT2D eigenvalue weighted by Gasteiger charge is 2.18. The molecule has 0 aliphatic carbocycles. The Morgan fingerprint density at radius 3 is 2.11 bits per heavy atom. The maximum absolute atomic E-state index is 13.0. The van der Waals surface area contributed by atoms with Gasteiger partial charge in [-0.05, 0) is 24.5 Å². The fourth-order valence-corrected chi connectivity index (χ4v) is 1.68. The summed E-state index contributed by atoms with van der Waals surface area (Å²) in [6.45, 7) is 5.76. The number of nitrogens with one attached hydrogen (secondary N) is 1. The average molecular weight is 259 g/mol. The van der Waals surface area contributed by atoms with Crippen molar-refractivity contribution < 1.29 is 18.0 Å².